The molecule has 1 amide bonds. The molecule has 0 radical (unpaired) electrons. The van der Waals surface area contributed by atoms with Crippen LogP contribution in [0.4, 0.5) is 0 Å². The first-order valence-electron chi connectivity index (χ1n) is 9.85. The van der Waals surface area contributed by atoms with Gasteiger partial charge in [0, 0.05) is 6.54 Å². The number of amides is 1. The van der Waals surface area contributed by atoms with E-state index in [9.17, 15) is 14.7 Å². The molecule has 0 aromatic heterocycles. The van der Waals surface area contributed by atoms with Gasteiger partial charge in [-0.3, -0.25) is 14.4 Å². The lowest BCUT2D eigenvalue weighted by atomic mass is 9.74. The molecule has 0 bridgehead atoms. The third-order valence-electron chi connectivity index (χ3n) is 6.36. The molecule has 0 aromatic rings. The van der Waals surface area contributed by atoms with Crippen molar-refractivity contribution in [2.24, 2.45) is 11.8 Å². The summed E-state index contributed by atoms with van der Waals surface area (Å²) < 4.78 is 8.87. The Morgan fingerprint density at radius 1 is 1.26 bits per heavy atom. The molecule has 7 heteroatoms. The fourth-order valence-corrected chi connectivity index (χ4v) is 4.92. The Kier molecular flexibility index (Phi) is 6.01. The molecule has 150 valence electrons. The summed E-state index contributed by atoms with van der Waals surface area (Å²) in [6.07, 6.45) is 14.8. The van der Waals surface area contributed by atoms with E-state index in [1.807, 2.05) is 0 Å². The van der Waals surface area contributed by atoms with Gasteiger partial charge in [0.2, 0.25) is 5.60 Å². The molecule has 5 rings (SSSR count). The number of aldehydes is 1. The van der Waals surface area contributed by atoms with E-state index < -0.39 is 17.4 Å². The Labute approximate surface area is 159 Å². The fourth-order valence-electron chi connectivity index (χ4n) is 4.92. The third kappa shape index (κ3) is 3.55. The molecule has 1 N–H and O–H groups in total. The lowest BCUT2D eigenvalue weighted by Crippen LogP contribution is -2.46. The second-order valence-electron chi connectivity index (χ2n) is 7.89. The van der Waals surface area contributed by atoms with Crippen LogP contribution in [0.1, 0.15) is 51.4 Å². The summed E-state index contributed by atoms with van der Waals surface area (Å²) in [5, 5.41) is 10.0. The third-order valence-corrected chi connectivity index (χ3v) is 6.36. The Bertz CT molecular complexity index is 607. The predicted molar refractivity (Wildman–Crippen MR) is 96.5 cm³/mol. The number of methoxy groups -OCH3 is 1. The van der Waals surface area contributed by atoms with Gasteiger partial charge in [0.25, 0.3) is 12.4 Å². The highest BCUT2D eigenvalue weighted by atomic mass is 16.6. The minimum absolute atomic E-state index is 0.368. The van der Waals surface area contributed by atoms with Crippen LogP contribution < -0.4 is 0 Å². The summed E-state index contributed by atoms with van der Waals surface area (Å²) in [6.45, 7) is 0.908. The number of epoxide rings is 1. The highest BCUT2D eigenvalue weighted by molar-refractivity contribution is 6.07. The average molecular weight is 379 g/mol. The van der Waals surface area contributed by atoms with Crippen molar-refractivity contribution in [2.75, 3.05) is 13.7 Å². The van der Waals surface area contributed by atoms with Gasteiger partial charge in [-0.25, -0.2) is 0 Å². The van der Waals surface area contributed by atoms with Gasteiger partial charge < -0.3 is 19.5 Å². The smallest absolute Gasteiger partial charge is 0.292 e. The van der Waals surface area contributed by atoms with Crippen LogP contribution in [0.5, 0.6) is 0 Å². The summed E-state index contributed by atoms with van der Waals surface area (Å²) in [5.74, 6) is 1.67. The molecule has 3 aliphatic heterocycles. The summed E-state index contributed by atoms with van der Waals surface area (Å²) in [6, 6.07) is 0. The molecule has 5 aliphatic rings. The summed E-state index contributed by atoms with van der Waals surface area (Å²) >= 11 is 0. The van der Waals surface area contributed by atoms with E-state index in [2.05, 4.69) is 16.9 Å². The number of nitrogens with zero attached hydrogens (tertiary/aromatic N) is 1. The molecule has 3 saturated heterocycles. The van der Waals surface area contributed by atoms with Gasteiger partial charge in [-0.2, -0.15) is 0 Å². The summed E-state index contributed by atoms with van der Waals surface area (Å²) in [5.41, 5.74) is -2.52. The van der Waals surface area contributed by atoms with Crippen molar-refractivity contribution in [1.29, 1.82) is 0 Å². The average Bonchev–Trinajstić information content (AvgIpc) is 3.31. The molecular weight excluding hydrogens is 350 g/mol. The van der Waals surface area contributed by atoms with E-state index in [0.29, 0.717) is 25.7 Å². The number of carbonyl (C=O) groups is 3. The van der Waals surface area contributed by atoms with Crippen LogP contribution in [-0.2, 0) is 23.9 Å². The second-order valence-corrected chi connectivity index (χ2v) is 7.89. The van der Waals surface area contributed by atoms with Crippen LogP contribution in [0.3, 0.4) is 0 Å². The van der Waals surface area contributed by atoms with Gasteiger partial charge in [0.05, 0.1) is 7.11 Å². The number of hydrogen-bond acceptors (Lipinski definition) is 6. The van der Waals surface area contributed by atoms with Crippen LogP contribution in [0, 0.1) is 11.8 Å². The van der Waals surface area contributed by atoms with Crippen molar-refractivity contribution in [3.63, 3.8) is 0 Å². The maximum atomic E-state index is 11.6. The maximum Gasteiger partial charge on any atom is 0.292 e. The minimum Gasteiger partial charge on any atom is -0.471 e. The number of morpholine rings is 1. The van der Waals surface area contributed by atoms with Gasteiger partial charge in [-0.15, -0.1) is 0 Å². The van der Waals surface area contributed by atoms with Crippen LogP contribution in [0.2, 0.25) is 0 Å². The number of carbonyl (C=O) groups excluding carboxylic acids is 3. The highest BCUT2D eigenvalue weighted by Gasteiger charge is 2.81. The molecule has 3 heterocycles. The van der Waals surface area contributed by atoms with Gasteiger partial charge in [-0.1, -0.05) is 25.0 Å². The number of allylic oxidation sites excluding steroid dienone is 2. The largest absolute Gasteiger partial charge is 0.471 e. The fraction of sp³-hybridized carbons (Fsp3) is 0.750. The number of aliphatic hydroxyl groups is 1. The Balaban J connectivity index is 0.000000134. The topological polar surface area (TPSA) is 96.4 Å². The van der Waals surface area contributed by atoms with Crippen LogP contribution in [0.25, 0.3) is 0 Å². The molecule has 4 fully saturated rings. The summed E-state index contributed by atoms with van der Waals surface area (Å²) in [4.78, 5) is 32.6. The second kappa shape index (κ2) is 8.10. The first-order valence-corrected chi connectivity index (χ1v) is 9.85. The monoisotopic (exact) mass is 379 g/mol. The first-order chi connectivity index (χ1) is 13.0. The van der Waals surface area contributed by atoms with Gasteiger partial charge in [0.1, 0.15) is 0 Å². The lowest BCUT2D eigenvalue weighted by Gasteiger charge is -2.31. The van der Waals surface area contributed by atoms with E-state index in [0.717, 1.165) is 18.3 Å². The van der Waals surface area contributed by atoms with Crippen molar-refractivity contribution in [2.45, 2.75) is 68.8 Å². The molecular formula is C20H29NO6. The van der Waals surface area contributed by atoms with E-state index in [1.165, 1.54) is 50.5 Å². The van der Waals surface area contributed by atoms with Crippen molar-refractivity contribution >= 4 is 18.7 Å². The number of ether oxygens (including phenoxy) is 2. The van der Waals surface area contributed by atoms with Gasteiger partial charge >= 0.3 is 0 Å². The zero-order valence-electron chi connectivity index (χ0n) is 15.8. The normalized spacial score (nSPS) is 40.3. The van der Waals surface area contributed by atoms with E-state index in [4.69, 9.17) is 9.53 Å². The first kappa shape index (κ1) is 20.0. The summed E-state index contributed by atoms with van der Waals surface area (Å²) in [7, 11) is 1.31. The zero-order chi connectivity index (χ0) is 19.5. The van der Waals surface area contributed by atoms with Crippen LogP contribution in [-0.4, -0.2) is 59.8 Å². The Hall–Kier alpha value is -1.73. The zero-order valence-corrected chi connectivity index (χ0v) is 15.8. The van der Waals surface area contributed by atoms with Crippen LogP contribution in [0.15, 0.2) is 12.2 Å². The van der Waals surface area contributed by atoms with Crippen LogP contribution >= 0.6 is 0 Å². The molecule has 0 spiro atoms. The van der Waals surface area contributed by atoms with Crippen molar-refractivity contribution in [3.8, 4) is 0 Å². The van der Waals surface area contributed by atoms with Gasteiger partial charge in [-0.05, 0) is 50.4 Å². The Morgan fingerprint density at radius 2 is 2.00 bits per heavy atom. The van der Waals surface area contributed by atoms with Gasteiger partial charge in [0.15, 0.2) is 18.1 Å². The van der Waals surface area contributed by atoms with E-state index >= 15 is 0 Å². The molecule has 2 aliphatic carbocycles. The van der Waals surface area contributed by atoms with Crippen molar-refractivity contribution < 1.29 is 29.0 Å². The van der Waals surface area contributed by atoms with Crippen molar-refractivity contribution in [1.82, 2.24) is 4.90 Å². The maximum absolute atomic E-state index is 11.6. The van der Waals surface area contributed by atoms with E-state index in [1.54, 1.807) is 0 Å². The van der Waals surface area contributed by atoms with Crippen molar-refractivity contribution in [3.05, 3.63) is 12.2 Å². The number of rotatable bonds is 2. The Morgan fingerprint density at radius 3 is 2.63 bits per heavy atom. The highest BCUT2D eigenvalue weighted by Crippen LogP contribution is 2.55. The number of hydrogen-bond donors (Lipinski definition) is 1. The van der Waals surface area contributed by atoms with E-state index in [-0.39, 0.29) is 5.91 Å². The SMILES string of the molecule is C1=C[C@H]2CCCCC2CC1.COC=O.O=C[C@]12OC1C1(O)CCCN1C2=O. The minimum atomic E-state index is -1.32. The molecule has 3 unspecified atom stereocenters. The molecule has 0 aromatic carbocycles. The quantitative estimate of drug-likeness (QED) is 0.339. The predicted octanol–water partition coefficient (Wildman–Crippen LogP) is 1.58. The standard InChI is InChI=1S/C10H16.C8H9NO4.C2H4O2/c1-2-6-10-8-4-3-7-9(10)5-1;10-4-7-5(13-7)8(12)2-1-3-9(8)6(7)11;1-4-2-3/h1,5,9-10H,2-4,6-8H2;4-5,12H,1-3H2;2H,1H3/t9-,10?;5?,7-,8?;/m00./s1. The molecule has 1 saturated carbocycles. The molecule has 5 atom stereocenters. The molecule has 7 nitrogen and oxygen atoms in total. The lowest BCUT2D eigenvalue weighted by molar-refractivity contribution is -0.156. The molecule has 27 heavy (non-hydrogen) atoms. The number of fused-ring (bicyclic) bond motifs is 4.